The van der Waals surface area contributed by atoms with Crippen LogP contribution in [-0.2, 0) is 14.4 Å². The molecule has 0 bridgehead atoms. The van der Waals surface area contributed by atoms with Gasteiger partial charge in [-0.05, 0) is 50.3 Å². The molecule has 0 fully saturated rings. The molecule has 4 rings (SSSR count). The first-order chi connectivity index (χ1) is 14.0. The summed E-state index contributed by atoms with van der Waals surface area (Å²) in [5.74, 6) is -0.913. The maximum absolute atomic E-state index is 13.0. The summed E-state index contributed by atoms with van der Waals surface area (Å²) in [5, 5.41) is 11.4. The predicted molar refractivity (Wildman–Crippen MR) is 104 cm³/mol. The molecule has 0 spiro atoms. The van der Waals surface area contributed by atoms with Crippen LogP contribution in [0.15, 0.2) is 46.8 Å². The maximum atomic E-state index is 13.0. The van der Waals surface area contributed by atoms with E-state index in [0.29, 0.717) is 56.3 Å². The molecule has 1 aromatic carbocycles. The second-order valence-electron chi connectivity index (χ2n) is 7.67. The molecule has 0 saturated heterocycles. The van der Waals surface area contributed by atoms with Gasteiger partial charge in [-0.3, -0.25) is 9.59 Å². The standard InChI is InChI=1S/C23H25NO5/c1-2-29-15-11-9-14(10-12-15)21-22-16(5-3-7-18(22)25)24(13-20(27)28)17-6-4-8-19(26)23(17)21/h9-12,21H,2-8,13H2,1H3,(H,27,28)/p-1. The van der Waals surface area contributed by atoms with Crippen LogP contribution in [0.3, 0.4) is 0 Å². The van der Waals surface area contributed by atoms with Gasteiger partial charge in [-0.2, -0.15) is 0 Å². The molecule has 0 radical (unpaired) electrons. The molecule has 0 saturated carbocycles. The predicted octanol–water partition coefficient (Wildman–Crippen LogP) is 2.25. The molecule has 1 heterocycles. The highest BCUT2D eigenvalue weighted by Gasteiger charge is 2.43. The number of nitrogens with zero attached hydrogens (tertiary/aromatic N) is 1. The minimum atomic E-state index is -1.21. The van der Waals surface area contributed by atoms with Crippen LogP contribution < -0.4 is 9.84 Å². The third-order valence-electron chi connectivity index (χ3n) is 5.90. The number of Topliss-reactive ketones (excluding diaryl/α,β-unsaturated/α-hetero) is 2. The lowest BCUT2D eigenvalue weighted by Gasteiger charge is -2.44. The van der Waals surface area contributed by atoms with Gasteiger partial charge in [0.15, 0.2) is 11.6 Å². The fraction of sp³-hybridized carbons (Fsp3) is 0.435. The van der Waals surface area contributed by atoms with Gasteiger partial charge >= 0.3 is 0 Å². The Morgan fingerprint density at radius 3 is 2.03 bits per heavy atom. The van der Waals surface area contributed by atoms with Gasteiger partial charge < -0.3 is 19.5 Å². The van der Waals surface area contributed by atoms with Gasteiger partial charge in [0, 0.05) is 41.3 Å². The van der Waals surface area contributed by atoms with Crippen LogP contribution in [0.4, 0.5) is 0 Å². The molecule has 6 nitrogen and oxygen atoms in total. The van der Waals surface area contributed by atoms with Crippen molar-refractivity contribution in [3.63, 3.8) is 0 Å². The second-order valence-corrected chi connectivity index (χ2v) is 7.67. The SMILES string of the molecule is CCOc1ccc(C2C3=C(CCCC3=O)N(CC(=O)[O-])C3=C2C(=O)CCC3)cc1. The molecule has 0 N–H and O–H groups in total. The van der Waals surface area contributed by atoms with Crippen LogP contribution in [0, 0.1) is 0 Å². The number of ketones is 2. The molecule has 1 aromatic rings. The zero-order chi connectivity index (χ0) is 20.5. The highest BCUT2D eigenvalue weighted by Crippen LogP contribution is 2.49. The molecular formula is C23H24NO5-. The average molecular weight is 394 g/mol. The summed E-state index contributed by atoms with van der Waals surface area (Å²) < 4.78 is 5.53. The van der Waals surface area contributed by atoms with Gasteiger partial charge in [0.1, 0.15) is 5.75 Å². The van der Waals surface area contributed by atoms with E-state index in [0.717, 1.165) is 22.7 Å². The van der Waals surface area contributed by atoms with E-state index in [1.807, 2.05) is 31.2 Å². The van der Waals surface area contributed by atoms with Crippen LogP contribution in [0.5, 0.6) is 5.75 Å². The molecular weight excluding hydrogens is 370 g/mol. The van der Waals surface area contributed by atoms with Gasteiger partial charge in [-0.25, -0.2) is 0 Å². The van der Waals surface area contributed by atoms with Crippen LogP contribution in [-0.4, -0.2) is 35.6 Å². The van der Waals surface area contributed by atoms with Gasteiger partial charge in [-0.15, -0.1) is 0 Å². The Morgan fingerprint density at radius 2 is 1.55 bits per heavy atom. The topological polar surface area (TPSA) is 86.7 Å². The highest BCUT2D eigenvalue weighted by atomic mass is 16.5. The van der Waals surface area contributed by atoms with E-state index in [1.165, 1.54) is 0 Å². The number of hydrogen-bond acceptors (Lipinski definition) is 6. The number of hydrogen-bond donors (Lipinski definition) is 0. The smallest absolute Gasteiger partial charge is 0.161 e. The normalized spacial score (nSPS) is 20.0. The van der Waals surface area contributed by atoms with Crippen molar-refractivity contribution >= 4 is 17.5 Å². The number of ether oxygens (including phenoxy) is 1. The molecule has 1 aliphatic heterocycles. The van der Waals surface area contributed by atoms with E-state index in [2.05, 4.69) is 0 Å². The van der Waals surface area contributed by atoms with Gasteiger partial charge in [0.05, 0.1) is 19.1 Å². The zero-order valence-corrected chi connectivity index (χ0v) is 16.5. The molecule has 3 aliphatic rings. The van der Waals surface area contributed by atoms with E-state index >= 15 is 0 Å². The molecule has 0 aromatic heterocycles. The third-order valence-corrected chi connectivity index (χ3v) is 5.90. The minimum absolute atomic E-state index is 0.00148. The summed E-state index contributed by atoms with van der Waals surface area (Å²) in [5.41, 5.74) is 3.52. The molecule has 6 heteroatoms. The first-order valence-corrected chi connectivity index (χ1v) is 10.2. The Labute approximate surface area is 169 Å². The van der Waals surface area contributed by atoms with Crippen LogP contribution in [0.1, 0.15) is 56.9 Å². The lowest BCUT2D eigenvalue weighted by Crippen LogP contribution is -2.44. The number of carboxylic acids is 1. The minimum Gasteiger partial charge on any atom is -0.548 e. The molecule has 29 heavy (non-hydrogen) atoms. The number of aliphatic carboxylic acids is 1. The Hall–Kier alpha value is -2.89. The molecule has 0 atom stereocenters. The molecule has 0 unspecified atom stereocenters. The fourth-order valence-corrected chi connectivity index (χ4v) is 4.79. The van der Waals surface area contributed by atoms with Gasteiger partial charge in [0.25, 0.3) is 0 Å². The summed E-state index contributed by atoms with van der Waals surface area (Å²) >= 11 is 0. The van der Waals surface area contributed by atoms with E-state index < -0.39 is 11.9 Å². The molecule has 0 amide bonds. The third kappa shape index (κ3) is 3.48. The van der Waals surface area contributed by atoms with Crippen LogP contribution >= 0.6 is 0 Å². The number of carbonyl (C=O) groups is 3. The highest BCUT2D eigenvalue weighted by molar-refractivity contribution is 6.06. The van der Waals surface area contributed by atoms with E-state index in [-0.39, 0.29) is 18.1 Å². The Morgan fingerprint density at radius 1 is 1.00 bits per heavy atom. The first-order valence-electron chi connectivity index (χ1n) is 10.2. The van der Waals surface area contributed by atoms with Crippen LogP contribution in [0.25, 0.3) is 0 Å². The van der Waals surface area contributed by atoms with Crippen molar-refractivity contribution in [1.82, 2.24) is 4.90 Å². The summed E-state index contributed by atoms with van der Waals surface area (Å²) in [6.45, 7) is 2.15. The molecule has 152 valence electrons. The molecule has 2 aliphatic carbocycles. The van der Waals surface area contributed by atoms with E-state index in [1.54, 1.807) is 4.90 Å². The number of benzene rings is 1. The number of rotatable bonds is 5. The fourth-order valence-electron chi connectivity index (χ4n) is 4.79. The summed E-state index contributed by atoms with van der Waals surface area (Å²) in [4.78, 5) is 39.1. The number of carboxylic acid groups (broad SMARTS) is 1. The van der Waals surface area contributed by atoms with Crippen molar-refractivity contribution in [3.8, 4) is 5.75 Å². The van der Waals surface area contributed by atoms with Crippen molar-refractivity contribution in [2.24, 2.45) is 0 Å². The number of allylic oxidation sites excluding steroid dienone is 4. The van der Waals surface area contributed by atoms with Gasteiger partial charge in [0.2, 0.25) is 0 Å². The van der Waals surface area contributed by atoms with E-state index in [9.17, 15) is 19.5 Å². The van der Waals surface area contributed by atoms with Crippen molar-refractivity contribution in [1.29, 1.82) is 0 Å². The summed E-state index contributed by atoms with van der Waals surface area (Å²) in [6.07, 6.45) is 3.48. The van der Waals surface area contributed by atoms with Crippen molar-refractivity contribution in [3.05, 3.63) is 52.4 Å². The first kappa shape index (κ1) is 19.4. The largest absolute Gasteiger partial charge is 0.548 e. The van der Waals surface area contributed by atoms with Crippen LogP contribution in [0.2, 0.25) is 0 Å². The Balaban J connectivity index is 1.89. The average Bonchev–Trinajstić information content (AvgIpc) is 2.70. The van der Waals surface area contributed by atoms with E-state index in [4.69, 9.17) is 4.74 Å². The maximum Gasteiger partial charge on any atom is 0.161 e. The monoisotopic (exact) mass is 394 g/mol. The Kier molecular flexibility index (Phi) is 5.26. The van der Waals surface area contributed by atoms with Crippen molar-refractivity contribution in [2.75, 3.05) is 13.2 Å². The van der Waals surface area contributed by atoms with Gasteiger partial charge in [-0.1, -0.05) is 12.1 Å². The van der Waals surface area contributed by atoms with Crippen molar-refractivity contribution < 1.29 is 24.2 Å². The van der Waals surface area contributed by atoms with Crippen molar-refractivity contribution in [2.45, 2.75) is 51.4 Å². The lowest BCUT2D eigenvalue weighted by atomic mass is 9.71. The zero-order valence-electron chi connectivity index (χ0n) is 16.5. The summed E-state index contributed by atoms with van der Waals surface area (Å²) in [6, 6.07) is 7.52. The lowest BCUT2D eigenvalue weighted by molar-refractivity contribution is -0.305. The second kappa shape index (κ2) is 7.85. The Bertz CT molecular complexity index is 881. The summed E-state index contributed by atoms with van der Waals surface area (Å²) in [7, 11) is 0. The quantitative estimate of drug-likeness (QED) is 0.761. The number of carbonyl (C=O) groups excluding carboxylic acids is 3.